The molecular formula is C15H18F2N2O2. The Morgan fingerprint density at radius 3 is 2.43 bits per heavy atom. The van der Waals surface area contributed by atoms with Crippen molar-refractivity contribution in [3.8, 4) is 12.3 Å². The van der Waals surface area contributed by atoms with Gasteiger partial charge in [0.25, 0.3) is 0 Å². The van der Waals surface area contributed by atoms with E-state index in [1.807, 2.05) is 13.8 Å². The smallest absolute Gasteiger partial charge is 0.319 e. The zero-order valence-electron chi connectivity index (χ0n) is 11.9. The highest BCUT2D eigenvalue weighted by molar-refractivity contribution is 5.89. The molecular weight excluding hydrogens is 278 g/mol. The van der Waals surface area contributed by atoms with Gasteiger partial charge in [0.05, 0.1) is 6.10 Å². The molecule has 0 aliphatic carbocycles. The van der Waals surface area contributed by atoms with E-state index in [1.165, 1.54) is 0 Å². The van der Waals surface area contributed by atoms with Gasteiger partial charge in [0.15, 0.2) is 11.6 Å². The lowest BCUT2D eigenvalue weighted by atomic mass is 10.1. The van der Waals surface area contributed by atoms with E-state index in [9.17, 15) is 18.7 Å². The van der Waals surface area contributed by atoms with Gasteiger partial charge in [-0.2, -0.15) is 0 Å². The molecule has 21 heavy (non-hydrogen) atoms. The van der Waals surface area contributed by atoms with E-state index in [0.717, 1.165) is 12.1 Å². The van der Waals surface area contributed by atoms with Crippen molar-refractivity contribution in [1.82, 2.24) is 5.32 Å². The fourth-order valence-corrected chi connectivity index (χ4v) is 1.77. The number of urea groups is 1. The van der Waals surface area contributed by atoms with Crippen molar-refractivity contribution in [2.24, 2.45) is 5.92 Å². The van der Waals surface area contributed by atoms with E-state index in [2.05, 4.69) is 16.6 Å². The Morgan fingerprint density at radius 2 is 1.95 bits per heavy atom. The number of aliphatic hydroxyl groups is 1. The molecule has 1 rings (SSSR count). The topological polar surface area (TPSA) is 61.4 Å². The fourth-order valence-electron chi connectivity index (χ4n) is 1.77. The molecule has 2 amide bonds. The van der Waals surface area contributed by atoms with Crippen LogP contribution in [0.1, 0.15) is 25.8 Å². The van der Waals surface area contributed by atoms with Crippen LogP contribution in [0, 0.1) is 29.9 Å². The van der Waals surface area contributed by atoms with Crippen LogP contribution in [-0.4, -0.2) is 23.8 Å². The average Bonchev–Trinajstić information content (AvgIpc) is 2.39. The monoisotopic (exact) mass is 296 g/mol. The number of anilines is 1. The second-order valence-electron chi connectivity index (χ2n) is 5.08. The number of rotatable bonds is 5. The van der Waals surface area contributed by atoms with Gasteiger partial charge in [-0.15, -0.1) is 6.42 Å². The second-order valence-corrected chi connectivity index (χ2v) is 5.08. The van der Waals surface area contributed by atoms with Crippen LogP contribution in [0.15, 0.2) is 12.1 Å². The zero-order chi connectivity index (χ0) is 16.0. The van der Waals surface area contributed by atoms with Crippen molar-refractivity contribution >= 4 is 11.7 Å². The number of carbonyl (C=O) groups is 1. The van der Waals surface area contributed by atoms with Crippen molar-refractivity contribution in [1.29, 1.82) is 0 Å². The molecule has 6 heteroatoms. The van der Waals surface area contributed by atoms with Gasteiger partial charge >= 0.3 is 6.03 Å². The van der Waals surface area contributed by atoms with Gasteiger partial charge in [0.1, 0.15) is 5.69 Å². The molecule has 4 nitrogen and oxygen atoms in total. The number of terminal acetylenes is 1. The predicted molar refractivity (Wildman–Crippen MR) is 76.8 cm³/mol. The molecule has 114 valence electrons. The van der Waals surface area contributed by atoms with Crippen LogP contribution in [0.3, 0.4) is 0 Å². The standard InChI is InChI=1S/C15H18F2N2O2/c1-4-10-6-12(16)14(13(17)7-10)19-15(21)18-8-11(20)5-9(2)3/h1,6-7,9,11,20H,5,8H2,2-3H3,(H2,18,19,21). The van der Waals surface area contributed by atoms with Crippen molar-refractivity contribution in [3.63, 3.8) is 0 Å². The summed E-state index contributed by atoms with van der Waals surface area (Å²) in [5.41, 5.74) is -0.534. The van der Waals surface area contributed by atoms with E-state index in [4.69, 9.17) is 6.42 Å². The molecule has 0 aromatic heterocycles. The highest BCUT2D eigenvalue weighted by Crippen LogP contribution is 2.20. The van der Waals surface area contributed by atoms with Crippen LogP contribution in [0.25, 0.3) is 0 Å². The molecule has 1 atom stereocenters. The maximum atomic E-state index is 13.6. The number of benzene rings is 1. The Hall–Kier alpha value is -2.13. The van der Waals surface area contributed by atoms with Crippen LogP contribution >= 0.6 is 0 Å². The minimum atomic E-state index is -0.958. The molecule has 0 aliphatic rings. The summed E-state index contributed by atoms with van der Waals surface area (Å²) in [6.45, 7) is 3.86. The first kappa shape index (κ1) is 16.9. The van der Waals surface area contributed by atoms with Crippen molar-refractivity contribution in [2.75, 3.05) is 11.9 Å². The molecule has 0 radical (unpaired) electrons. The van der Waals surface area contributed by atoms with Crippen LogP contribution in [0.4, 0.5) is 19.3 Å². The number of halogens is 2. The van der Waals surface area contributed by atoms with Crippen molar-refractivity contribution in [2.45, 2.75) is 26.4 Å². The number of amides is 2. The van der Waals surface area contributed by atoms with E-state index < -0.39 is 29.5 Å². The molecule has 0 saturated heterocycles. The van der Waals surface area contributed by atoms with Crippen molar-refractivity contribution < 1.29 is 18.7 Å². The Morgan fingerprint density at radius 1 is 1.38 bits per heavy atom. The van der Waals surface area contributed by atoms with Gasteiger partial charge in [-0.25, -0.2) is 13.6 Å². The van der Waals surface area contributed by atoms with Crippen LogP contribution in [-0.2, 0) is 0 Å². The van der Waals surface area contributed by atoms with Crippen LogP contribution in [0.5, 0.6) is 0 Å². The van der Waals surface area contributed by atoms with Crippen molar-refractivity contribution in [3.05, 3.63) is 29.3 Å². The zero-order valence-corrected chi connectivity index (χ0v) is 11.9. The summed E-state index contributed by atoms with van der Waals surface area (Å²) in [6, 6.07) is 1.10. The van der Waals surface area contributed by atoms with Gasteiger partial charge < -0.3 is 15.7 Å². The lowest BCUT2D eigenvalue weighted by molar-refractivity contribution is 0.148. The third kappa shape index (κ3) is 5.40. The Balaban J connectivity index is 2.62. The summed E-state index contributed by atoms with van der Waals surface area (Å²) in [7, 11) is 0. The SMILES string of the molecule is C#Cc1cc(F)c(NC(=O)NCC(O)CC(C)C)c(F)c1. The third-order valence-electron chi connectivity index (χ3n) is 2.69. The number of nitrogens with one attached hydrogen (secondary N) is 2. The molecule has 0 bridgehead atoms. The first-order valence-electron chi connectivity index (χ1n) is 6.52. The number of aliphatic hydroxyl groups excluding tert-OH is 1. The average molecular weight is 296 g/mol. The molecule has 0 spiro atoms. The summed E-state index contributed by atoms with van der Waals surface area (Å²) >= 11 is 0. The highest BCUT2D eigenvalue weighted by atomic mass is 19.1. The molecule has 1 aromatic carbocycles. The summed E-state index contributed by atoms with van der Waals surface area (Å²) in [5, 5.41) is 14.0. The van der Waals surface area contributed by atoms with Gasteiger partial charge in [-0.05, 0) is 24.5 Å². The third-order valence-corrected chi connectivity index (χ3v) is 2.69. The van der Waals surface area contributed by atoms with Gasteiger partial charge in [0.2, 0.25) is 0 Å². The molecule has 0 aliphatic heterocycles. The van der Waals surface area contributed by atoms with Gasteiger partial charge in [-0.1, -0.05) is 19.8 Å². The summed E-state index contributed by atoms with van der Waals surface area (Å²) in [6.07, 6.45) is 4.85. The predicted octanol–water partition coefficient (Wildman–Crippen LogP) is 2.47. The lowest BCUT2D eigenvalue weighted by Crippen LogP contribution is -2.36. The molecule has 0 fully saturated rings. The van der Waals surface area contributed by atoms with Crippen LogP contribution in [0.2, 0.25) is 0 Å². The molecule has 0 heterocycles. The summed E-state index contributed by atoms with van der Waals surface area (Å²) in [5.74, 6) is 0.465. The lowest BCUT2D eigenvalue weighted by Gasteiger charge is -2.14. The summed E-state index contributed by atoms with van der Waals surface area (Å²) in [4.78, 5) is 11.6. The number of carbonyl (C=O) groups excluding carboxylic acids is 1. The molecule has 0 saturated carbocycles. The first-order chi connectivity index (χ1) is 9.83. The quantitative estimate of drug-likeness (QED) is 0.731. The number of hydrogen-bond acceptors (Lipinski definition) is 2. The second kappa shape index (κ2) is 7.60. The first-order valence-corrected chi connectivity index (χ1v) is 6.52. The summed E-state index contributed by atoms with van der Waals surface area (Å²) < 4.78 is 27.2. The normalized spacial score (nSPS) is 11.9. The van der Waals surface area contributed by atoms with Gasteiger partial charge in [0, 0.05) is 12.1 Å². The van der Waals surface area contributed by atoms with E-state index in [1.54, 1.807) is 0 Å². The number of hydrogen-bond donors (Lipinski definition) is 3. The van der Waals surface area contributed by atoms with E-state index in [-0.39, 0.29) is 18.0 Å². The molecule has 3 N–H and O–H groups in total. The van der Waals surface area contributed by atoms with E-state index >= 15 is 0 Å². The fraction of sp³-hybridized carbons (Fsp3) is 0.400. The Labute approximate surface area is 122 Å². The highest BCUT2D eigenvalue weighted by Gasteiger charge is 2.14. The minimum Gasteiger partial charge on any atom is -0.391 e. The maximum absolute atomic E-state index is 13.6. The molecule has 1 unspecified atom stereocenters. The van der Waals surface area contributed by atoms with E-state index in [0.29, 0.717) is 6.42 Å². The minimum absolute atomic E-state index is 0.00428. The van der Waals surface area contributed by atoms with Crippen LogP contribution < -0.4 is 10.6 Å². The Kier molecular flexibility index (Phi) is 6.12. The molecule has 1 aromatic rings. The Bertz CT molecular complexity index is 530. The maximum Gasteiger partial charge on any atom is 0.319 e. The van der Waals surface area contributed by atoms with Gasteiger partial charge in [-0.3, -0.25) is 0 Å². The largest absolute Gasteiger partial charge is 0.391 e.